The number of hydrogen-bond acceptors (Lipinski definition) is 12. The highest BCUT2D eigenvalue weighted by Gasteiger charge is 2.26. The van der Waals surface area contributed by atoms with E-state index in [1.54, 1.807) is 36.4 Å². The summed E-state index contributed by atoms with van der Waals surface area (Å²) in [7, 11) is 0. The van der Waals surface area contributed by atoms with Gasteiger partial charge < -0.3 is 63.8 Å². The molecule has 3 amide bonds. The quantitative estimate of drug-likeness (QED) is 0.0493. The Balaban J connectivity index is 0.000000234. The monoisotopic (exact) mass is 984 g/mol. The van der Waals surface area contributed by atoms with E-state index in [9.17, 15) is 59.4 Å². The largest absolute Gasteiger partial charge is 0.508 e. The van der Waals surface area contributed by atoms with Gasteiger partial charge in [-0.05, 0) is 89.0 Å². The van der Waals surface area contributed by atoms with E-state index in [0.29, 0.717) is 36.0 Å². The second kappa shape index (κ2) is 28.8. The molecule has 0 saturated carbocycles. The zero-order valence-corrected chi connectivity index (χ0v) is 39.2. The van der Waals surface area contributed by atoms with Gasteiger partial charge in [0, 0.05) is 19.3 Å². The normalized spacial score (nSPS) is 13.0. The van der Waals surface area contributed by atoms with E-state index in [-0.39, 0.29) is 36.5 Å². The van der Waals surface area contributed by atoms with Crippen molar-refractivity contribution in [2.75, 3.05) is 0 Å². The van der Waals surface area contributed by atoms with Crippen molar-refractivity contribution in [1.82, 2.24) is 16.0 Å². The molecule has 72 heavy (non-hydrogen) atoms. The maximum Gasteiger partial charge on any atom is 0.326 e. The first kappa shape index (κ1) is 56.0. The second-order valence-electron chi connectivity index (χ2n) is 16.7. The van der Waals surface area contributed by atoms with Crippen LogP contribution in [0.1, 0.15) is 33.4 Å². The zero-order chi connectivity index (χ0) is 52.6. The average molecular weight is 985 g/mol. The van der Waals surface area contributed by atoms with Crippen molar-refractivity contribution >= 4 is 35.6 Å². The van der Waals surface area contributed by atoms with E-state index in [2.05, 4.69) is 16.0 Å². The Morgan fingerprint density at radius 3 is 0.708 bits per heavy atom. The van der Waals surface area contributed by atoms with Gasteiger partial charge in [0.25, 0.3) is 0 Å². The van der Waals surface area contributed by atoms with Crippen LogP contribution in [0, 0.1) is 0 Å². The summed E-state index contributed by atoms with van der Waals surface area (Å²) < 4.78 is 0. The van der Waals surface area contributed by atoms with Crippen molar-refractivity contribution in [3.05, 3.63) is 197 Å². The number of nitrogens with two attached hydrogens (primary N) is 3. The first-order valence-electron chi connectivity index (χ1n) is 22.7. The van der Waals surface area contributed by atoms with Gasteiger partial charge in [-0.3, -0.25) is 14.4 Å². The van der Waals surface area contributed by atoms with E-state index < -0.39 is 71.9 Å². The number of aliphatic carboxylic acids is 3. The van der Waals surface area contributed by atoms with Crippen LogP contribution in [0.2, 0.25) is 0 Å². The summed E-state index contributed by atoms with van der Waals surface area (Å²) in [6, 6.07) is 40.7. The fourth-order valence-corrected chi connectivity index (χ4v) is 6.92. The fourth-order valence-electron chi connectivity index (χ4n) is 6.92. The molecule has 6 rings (SSSR count). The number of hydrogen-bond donors (Lipinski definition) is 12. The maximum atomic E-state index is 12.2. The third kappa shape index (κ3) is 20.2. The predicted molar refractivity (Wildman–Crippen MR) is 268 cm³/mol. The molecular weight excluding hydrogens is 925 g/mol. The summed E-state index contributed by atoms with van der Waals surface area (Å²) >= 11 is 0. The average Bonchev–Trinajstić information content (AvgIpc) is 3.36. The van der Waals surface area contributed by atoms with Gasteiger partial charge in [0.15, 0.2) is 0 Å². The number of phenols is 3. The van der Waals surface area contributed by atoms with Gasteiger partial charge >= 0.3 is 17.9 Å². The van der Waals surface area contributed by atoms with Crippen molar-refractivity contribution in [3.63, 3.8) is 0 Å². The SMILES string of the molecule is N[C@@H](Cc1ccccc1)C(=O)N[C@@H](Cc1ccc(O)cc1)C(=O)O.N[C@@H](Cc1ccccc1)C(=O)N[C@@H](Cc1ccc(O)cc1)C(=O)O.N[C@@H](Cc1ccccc1)C(=O)N[C@@H](Cc1ccc(O)cc1)C(=O)O. The van der Waals surface area contributed by atoms with Crippen LogP contribution in [0.4, 0.5) is 0 Å². The van der Waals surface area contributed by atoms with Crippen molar-refractivity contribution in [3.8, 4) is 17.2 Å². The van der Waals surface area contributed by atoms with Crippen molar-refractivity contribution < 1.29 is 59.4 Å². The summed E-state index contributed by atoms with van der Waals surface area (Å²) in [5.74, 6) is -4.64. The lowest BCUT2D eigenvalue weighted by molar-refractivity contribution is -0.142. The van der Waals surface area contributed by atoms with Gasteiger partial charge in [0.05, 0.1) is 18.1 Å². The number of benzene rings is 6. The molecule has 0 aliphatic carbocycles. The summed E-state index contributed by atoms with van der Waals surface area (Å²) in [6.07, 6.45) is 1.33. The van der Waals surface area contributed by atoms with E-state index in [0.717, 1.165) is 16.7 Å². The molecule has 0 fully saturated rings. The van der Waals surface area contributed by atoms with Crippen LogP contribution >= 0.6 is 0 Å². The van der Waals surface area contributed by atoms with E-state index in [1.165, 1.54) is 36.4 Å². The second-order valence-corrected chi connectivity index (χ2v) is 16.7. The number of nitrogens with one attached hydrogen (secondary N) is 3. The summed E-state index contributed by atoms with van der Waals surface area (Å²) in [5.41, 5.74) is 22.4. The van der Waals surface area contributed by atoms with Gasteiger partial charge in [-0.25, -0.2) is 14.4 Å². The lowest BCUT2D eigenvalue weighted by Crippen LogP contribution is -2.50. The van der Waals surface area contributed by atoms with Crippen LogP contribution in [0.25, 0.3) is 0 Å². The third-order valence-corrected chi connectivity index (χ3v) is 10.9. The highest BCUT2D eigenvalue weighted by molar-refractivity contribution is 5.88. The molecule has 0 aliphatic rings. The Morgan fingerprint density at radius 1 is 0.319 bits per heavy atom. The number of aromatic hydroxyl groups is 3. The zero-order valence-electron chi connectivity index (χ0n) is 39.2. The molecule has 378 valence electrons. The lowest BCUT2D eigenvalue weighted by atomic mass is 10.0. The van der Waals surface area contributed by atoms with E-state index in [1.807, 2.05) is 91.0 Å². The first-order chi connectivity index (χ1) is 34.4. The van der Waals surface area contributed by atoms with Crippen molar-refractivity contribution in [2.45, 2.75) is 74.8 Å². The van der Waals surface area contributed by atoms with Crippen molar-refractivity contribution in [2.24, 2.45) is 17.2 Å². The Kier molecular flexibility index (Phi) is 22.4. The first-order valence-corrected chi connectivity index (χ1v) is 22.7. The molecule has 0 bridgehead atoms. The molecule has 0 radical (unpaired) electrons. The lowest BCUT2D eigenvalue weighted by Gasteiger charge is -2.18. The Morgan fingerprint density at radius 2 is 0.514 bits per heavy atom. The standard InChI is InChI=1S/3C18H20N2O4/c3*19-15(10-12-4-2-1-3-5-12)17(22)20-16(18(23)24)11-13-6-8-14(21)9-7-13/h3*1-9,15-16,21H,10-11,19H2,(H,20,22)(H,23,24)/t3*15-,16-/m000/s1. The molecule has 6 aromatic carbocycles. The number of carbonyl (C=O) groups is 6. The number of carboxylic acids is 3. The molecule has 0 unspecified atom stereocenters. The van der Waals surface area contributed by atoms with E-state index >= 15 is 0 Å². The molecule has 0 heterocycles. The smallest absolute Gasteiger partial charge is 0.326 e. The Bertz CT molecular complexity index is 2350. The predicted octanol–water partition coefficient (Wildman–Crippen LogP) is 3.22. The van der Waals surface area contributed by atoms with Gasteiger partial charge in [-0.15, -0.1) is 0 Å². The number of carboxylic acid groups (broad SMARTS) is 3. The highest BCUT2D eigenvalue weighted by atomic mass is 16.4. The van der Waals surface area contributed by atoms with Gasteiger partial charge in [-0.2, -0.15) is 0 Å². The van der Waals surface area contributed by atoms with Gasteiger partial charge in [0.2, 0.25) is 17.7 Å². The minimum atomic E-state index is -1.14. The molecule has 18 heteroatoms. The van der Waals surface area contributed by atoms with Crippen LogP contribution in [0.5, 0.6) is 17.2 Å². The molecule has 0 aliphatic heterocycles. The Labute approximate surface area is 416 Å². The molecule has 6 atom stereocenters. The molecule has 0 saturated heterocycles. The number of phenolic OH excluding ortho intramolecular Hbond substituents is 3. The topological polar surface area (TPSA) is 338 Å². The summed E-state index contributed by atoms with van der Waals surface area (Å²) in [6.45, 7) is 0. The number of rotatable bonds is 21. The molecule has 18 nitrogen and oxygen atoms in total. The molecule has 6 aromatic rings. The fraction of sp³-hybridized carbons (Fsp3) is 0.222. The minimum absolute atomic E-state index is 0.0968. The third-order valence-electron chi connectivity index (χ3n) is 10.9. The molecule has 0 aromatic heterocycles. The van der Waals surface area contributed by atoms with Crippen LogP contribution in [0.3, 0.4) is 0 Å². The Hall–Kier alpha value is -8.58. The minimum Gasteiger partial charge on any atom is -0.508 e. The molecule has 15 N–H and O–H groups in total. The van der Waals surface area contributed by atoms with Gasteiger partial charge in [0.1, 0.15) is 35.4 Å². The molecular formula is C54H60N6O12. The van der Waals surface area contributed by atoms with Gasteiger partial charge in [-0.1, -0.05) is 127 Å². The van der Waals surface area contributed by atoms with E-state index in [4.69, 9.17) is 17.2 Å². The molecule has 0 spiro atoms. The number of carbonyl (C=O) groups excluding carboxylic acids is 3. The maximum absolute atomic E-state index is 12.2. The van der Waals surface area contributed by atoms with Crippen molar-refractivity contribution in [1.29, 1.82) is 0 Å². The van der Waals surface area contributed by atoms with Crippen LogP contribution < -0.4 is 33.2 Å². The van der Waals surface area contributed by atoms with Crippen LogP contribution in [-0.2, 0) is 67.3 Å². The summed E-state index contributed by atoms with van der Waals surface area (Å²) in [5, 5.41) is 63.1. The van der Waals surface area contributed by atoms with Crippen LogP contribution in [0.15, 0.2) is 164 Å². The number of amides is 3. The summed E-state index contributed by atoms with van der Waals surface area (Å²) in [4.78, 5) is 70.6. The van der Waals surface area contributed by atoms with Crippen LogP contribution in [-0.4, -0.2) is 103 Å². The highest BCUT2D eigenvalue weighted by Crippen LogP contribution is 2.15.